The summed E-state index contributed by atoms with van der Waals surface area (Å²) in [5.41, 5.74) is 2.90. The summed E-state index contributed by atoms with van der Waals surface area (Å²) in [5, 5.41) is 2.00. The monoisotopic (exact) mass is 499 g/mol. The molecule has 4 aromatic rings. The summed E-state index contributed by atoms with van der Waals surface area (Å²) in [6.45, 7) is 4.96. The molecule has 0 amide bonds. The Morgan fingerprint density at radius 2 is 1.74 bits per heavy atom. The molecule has 2 aliphatic heterocycles. The number of likely N-dealkylation sites (tertiary alicyclic amines) is 1. The first-order valence-corrected chi connectivity index (χ1v) is 13.0. The lowest BCUT2D eigenvalue weighted by molar-refractivity contribution is -0.126. The van der Waals surface area contributed by atoms with E-state index in [0.29, 0.717) is 15.1 Å². The zero-order valence-electron chi connectivity index (χ0n) is 19.4. The van der Waals surface area contributed by atoms with Crippen molar-refractivity contribution in [2.45, 2.75) is 44.8 Å². The quantitative estimate of drug-likeness (QED) is 0.365. The highest BCUT2D eigenvalue weighted by Crippen LogP contribution is 2.43. The van der Waals surface area contributed by atoms with Crippen molar-refractivity contribution in [2.24, 2.45) is 5.41 Å². The molecule has 3 aromatic heterocycles. The zero-order valence-corrected chi connectivity index (χ0v) is 20.3. The lowest BCUT2D eigenvalue weighted by Crippen LogP contribution is -2.46. The van der Waals surface area contributed by atoms with Crippen LogP contribution in [0.1, 0.15) is 36.1 Å². The van der Waals surface area contributed by atoms with Crippen LogP contribution < -0.4 is 4.90 Å². The van der Waals surface area contributed by atoms with Crippen LogP contribution in [0.2, 0.25) is 0 Å². The molecule has 2 saturated heterocycles. The van der Waals surface area contributed by atoms with E-state index in [1.807, 2.05) is 6.20 Å². The number of halogens is 3. The van der Waals surface area contributed by atoms with Crippen molar-refractivity contribution in [1.29, 1.82) is 0 Å². The minimum Gasteiger partial charge on any atom is -0.361 e. The highest BCUT2D eigenvalue weighted by Gasteiger charge is 2.38. The van der Waals surface area contributed by atoms with Gasteiger partial charge in [0.2, 0.25) is 0 Å². The smallest absolute Gasteiger partial charge is 0.361 e. The summed E-state index contributed by atoms with van der Waals surface area (Å²) < 4.78 is 38.6. The molecule has 5 nitrogen and oxygen atoms in total. The molecule has 0 radical (unpaired) electrons. The molecule has 35 heavy (non-hydrogen) atoms. The minimum atomic E-state index is -4.21. The van der Waals surface area contributed by atoms with Crippen molar-refractivity contribution in [1.82, 2.24) is 19.9 Å². The third-order valence-electron chi connectivity index (χ3n) is 7.80. The van der Waals surface area contributed by atoms with E-state index in [4.69, 9.17) is 0 Å². The second kappa shape index (κ2) is 8.78. The lowest BCUT2D eigenvalue weighted by atomic mass is 9.71. The van der Waals surface area contributed by atoms with E-state index in [1.54, 1.807) is 6.07 Å². The predicted molar refractivity (Wildman–Crippen MR) is 134 cm³/mol. The van der Waals surface area contributed by atoms with E-state index in [2.05, 4.69) is 49.0 Å². The normalized spacial score (nSPS) is 19.2. The Morgan fingerprint density at radius 1 is 0.971 bits per heavy atom. The average Bonchev–Trinajstić information content (AvgIpc) is 3.46. The van der Waals surface area contributed by atoms with Gasteiger partial charge < -0.3 is 9.88 Å². The Hall–Kier alpha value is -2.65. The van der Waals surface area contributed by atoms with E-state index in [0.717, 1.165) is 68.1 Å². The van der Waals surface area contributed by atoms with Gasteiger partial charge in [0.15, 0.2) is 0 Å². The molecule has 0 atom stereocenters. The molecule has 2 fully saturated rings. The Labute approximate surface area is 206 Å². The Kier molecular flexibility index (Phi) is 5.72. The molecule has 0 bridgehead atoms. The third-order valence-corrected chi connectivity index (χ3v) is 8.84. The van der Waals surface area contributed by atoms with Gasteiger partial charge >= 0.3 is 6.18 Å². The van der Waals surface area contributed by atoms with Gasteiger partial charge in [-0.15, -0.1) is 11.3 Å². The number of hydrogen-bond donors (Lipinski definition) is 1. The van der Waals surface area contributed by atoms with Gasteiger partial charge in [-0.3, -0.25) is 4.90 Å². The number of nitrogens with one attached hydrogen (secondary N) is 1. The molecule has 1 aromatic carbocycles. The molecule has 5 heterocycles. The zero-order chi connectivity index (χ0) is 24.0. The Balaban J connectivity index is 1.08. The van der Waals surface area contributed by atoms with Crippen molar-refractivity contribution in [2.75, 3.05) is 31.1 Å². The van der Waals surface area contributed by atoms with Crippen LogP contribution in [-0.2, 0) is 13.0 Å². The van der Waals surface area contributed by atoms with E-state index < -0.39 is 12.6 Å². The average molecular weight is 500 g/mol. The molecule has 1 N–H and O–H groups in total. The van der Waals surface area contributed by atoms with Crippen molar-refractivity contribution in [3.63, 3.8) is 0 Å². The van der Waals surface area contributed by atoms with E-state index in [1.165, 1.54) is 35.6 Å². The fourth-order valence-electron chi connectivity index (χ4n) is 5.76. The van der Waals surface area contributed by atoms with Crippen LogP contribution in [0, 0.1) is 5.41 Å². The van der Waals surface area contributed by atoms with E-state index in [-0.39, 0.29) is 0 Å². The van der Waals surface area contributed by atoms with Crippen molar-refractivity contribution in [3.05, 3.63) is 53.3 Å². The van der Waals surface area contributed by atoms with Crippen LogP contribution in [0.5, 0.6) is 0 Å². The number of thiophene rings is 1. The molecular weight excluding hydrogens is 471 g/mol. The first-order valence-electron chi connectivity index (χ1n) is 12.2. The fourth-order valence-corrected chi connectivity index (χ4v) is 6.78. The second-order valence-corrected chi connectivity index (χ2v) is 11.2. The Morgan fingerprint density at radius 3 is 2.51 bits per heavy atom. The highest BCUT2D eigenvalue weighted by molar-refractivity contribution is 7.18. The number of aromatic nitrogens is 3. The molecule has 0 unspecified atom stereocenters. The van der Waals surface area contributed by atoms with Crippen LogP contribution in [0.15, 0.2) is 42.9 Å². The molecule has 1 spiro atoms. The first-order chi connectivity index (χ1) is 16.9. The molecule has 2 aliphatic rings. The summed E-state index contributed by atoms with van der Waals surface area (Å²) in [6.07, 6.45) is 2.93. The maximum Gasteiger partial charge on any atom is 0.393 e. The summed E-state index contributed by atoms with van der Waals surface area (Å²) in [5.74, 6) is 0.784. The highest BCUT2D eigenvalue weighted by atomic mass is 32.1. The molecule has 0 saturated carbocycles. The van der Waals surface area contributed by atoms with Gasteiger partial charge in [0.25, 0.3) is 0 Å². The van der Waals surface area contributed by atoms with Gasteiger partial charge in [0.05, 0.1) is 11.8 Å². The van der Waals surface area contributed by atoms with Crippen LogP contribution in [0.3, 0.4) is 0 Å². The maximum absolute atomic E-state index is 12.9. The number of rotatable bonds is 4. The van der Waals surface area contributed by atoms with E-state index >= 15 is 0 Å². The topological polar surface area (TPSA) is 48.0 Å². The van der Waals surface area contributed by atoms with Crippen LogP contribution >= 0.6 is 11.3 Å². The number of hydrogen-bond acceptors (Lipinski definition) is 5. The number of anilines is 1. The number of nitrogens with zero attached hydrogens (tertiary/aromatic N) is 4. The number of piperidine rings is 2. The first kappa shape index (κ1) is 22.8. The maximum atomic E-state index is 12.9. The summed E-state index contributed by atoms with van der Waals surface area (Å²) in [6, 6.07) is 10.4. The molecule has 0 aliphatic carbocycles. The van der Waals surface area contributed by atoms with Crippen molar-refractivity contribution >= 4 is 38.3 Å². The van der Waals surface area contributed by atoms with Crippen molar-refractivity contribution in [3.8, 4) is 0 Å². The number of aromatic amines is 1. The summed E-state index contributed by atoms with van der Waals surface area (Å²) >= 11 is 1.12. The SMILES string of the molecule is FC(F)(F)Cc1cc2c(N3CCC4(CCN(Cc5ccc6cc[nH]c6c5)CC4)CC3)ncnc2s1. The van der Waals surface area contributed by atoms with Crippen molar-refractivity contribution < 1.29 is 13.2 Å². The van der Waals surface area contributed by atoms with Crippen LogP contribution in [-0.4, -0.2) is 52.2 Å². The van der Waals surface area contributed by atoms with Gasteiger partial charge in [-0.25, -0.2) is 9.97 Å². The Bertz CT molecular complexity index is 1330. The number of H-pyrrole nitrogens is 1. The summed E-state index contributed by atoms with van der Waals surface area (Å²) in [7, 11) is 0. The van der Waals surface area contributed by atoms with Gasteiger partial charge in [-0.1, -0.05) is 12.1 Å². The van der Waals surface area contributed by atoms with Gasteiger partial charge in [0, 0.05) is 36.2 Å². The van der Waals surface area contributed by atoms with Crippen LogP contribution in [0.25, 0.3) is 21.1 Å². The minimum absolute atomic E-state index is 0.297. The second-order valence-electron chi connectivity index (χ2n) is 10.1. The van der Waals surface area contributed by atoms with Gasteiger partial charge in [-0.05, 0) is 73.3 Å². The molecular formula is C26H28F3N5S. The van der Waals surface area contributed by atoms with Gasteiger partial charge in [0.1, 0.15) is 17.0 Å². The predicted octanol–water partition coefficient (Wildman–Crippen LogP) is 6.16. The van der Waals surface area contributed by atoms with Gasteiger partial charge in [-0.2, -0.15) is 13.2 Å². The van der Waals surface area contributed by atoms with Crippen LogP contribution in [0.4, 0.5) is 19.0 Å². The van der Waals surface area contributed by atoms with E-state index in [9.17, 15) is 13.2 Å². The molecule has 9 heteroatoms. The number of fused-ring (bicyclic) bond motifs is 2. The molecule has 184 valence electrons. The standard InChI is InChI=1S/C26H28F3N5S/c27-26(28,29)15-20-14-21-23(31-17-32-24(21)35-20)34-11-6-25(7-12-34)4-9-33(10-5-25)16-18-1-2-19-3-8-30-22(19)13-18/h1-3,8,13-14,17,30H,4-7,9-12,15-16H2. The summed E-state index contributed by atoms with van der Waals surface area (Å²) in [4.78, 5) is 17.8. The fraction of sp³-hybridized carbons (Fsp3) is 0.462. The number of benzene rings is 1. The third kappa shape index (κ3) is 4.76. The lowest BCUT2D eigenvalue weighted by Gasteiger charge is -2.47. The number of alkyl halides is 3. The molecule has 6 rings (SSSR count). The largest absolute Gasteiger partial charge is 0.393 e.